The molecule has 0 saturated carbocycles. The number of hydrogen-bond acceptors (Lipinski definition) is 9. The van der Waals surface area contributed by atoms with Gasteiger partial charge in [0.25, 0.3) is 0 Å². The molecule has 0 bridgehead atoms. The van der Waals surface area contributed by atoms with Crippen LogP contribution in [0.15, 0.2) is 36.2 Å². The highest BCUT2D eigenvalue weighted by atomic mass is 16.5. The maximum absolute atomic E-state index is 12.2. The van der Waals surface area contributed by atoms with Crippen LogP contribution in [-0.2, 0) is 20.6 Å². The Balaban J connectivity index is 2.17. The molecule has 1 rings (SSSR count). The molecule has 0 fully saturated rings. The summed E-state index contributed by atoms with van der Waals surface area (Å²) in [5.41, 5.74) is 7.65. The van der Waals surface area contributed by atoms with E-state index < -0.39 is 0 Å². The van der Waals surface area contributed by atoms with Gasteiger partial charge in [-0.1, -0.05) is 12.1 Å². The molecule has 0 aliphatic heterocycles. The monoisotopic (exact) mass is 496 g/mol. The van der Waals surface area contributed by atoms with Crippen molar-refractivity contribution >= 4 is 6.03 Å². The van der Waals surface area contributed by atoms with E-state index in [0.29, 0.717) is 71.4 Å². The zero-order chi connectivity index (χ0) is 25.9. The van der Waals surface area contributed by atoms with Crippen LogP contribution in [0.5, 0.6) is 5.75 Å². The van der Waals surface area contributed by atoms with Gasteiger partial charge in [-0.2, -0.15) is 0 Å². The maximum Gasteiger partial charge on any atom is 0.314 e. The summed E-state index contributed by atoms with van der Waals surface area (Å²) in [6, 6.07) is 6.96. The molecule has 1 unspecified atom stereocenters. The summed E-state index contributed by atoms with van der Waals surface area (Å²) in [5, 5.41) is 16.6. The Kier molecular flexibility index (Phi) is 16.3. The van der Waals surface area contributed by atoms with Crippen molar-refractivity contribution in [2.75, 3.05) is 73.4 Å². The van der Waals surface area contributed by atoms with Crippen molar-refractivity contribution in [2.45, 2.75) is 25.8 Å². The van der Waals surface area contributed by atoms with Crippen LogP contribution in [0.3, 0.4) is 0 Å². The molecular weight excluding hydrogens is 452 g/mol. The lowest BCUT2D eigenvalue weighted by Gasteiger charge is -2.25. The first-order valence-electron chi connectivity index (χ1n) is 12.0. The minimum Gasteiger partial charge on any atom is -0.508 e. The number of hydrogen-bond donors (Lipinski definition) is 5. The zero-order valence-corrected chi connectivity index (χ0v) is 21.4. The van der Waals surface area contributed by atoms with E-state index in [0.717, 1.165) is 12.0 Å². The lowest BCUT2D eigenvalue weighted by atomic mass is 10.1. The molecular formula is C24H44N6O5. The number of likely N-dealkylation sites (N-methyl/N-ethyl adjacent to an activating group) is 1. The molecule has 1 aromatic carbocycles. The van der Waals surface area contributed by atoms with Crippen LogP contribution in [-0.4, -0.2) is 100 Å². The van der Waals surface area contributed by atoms with E-state index in [4.69, 9.17) is 25.8 Å². The number of ether oxygens (including phenoxy) is 3. The average molecular weight is 497 g/mol. The highest BCUT2D eigenvalue weighted by molar-refractivity contribution is 5.73. The highest BCUT2D eigenvalue weighted by Gasteiger charge is 2.14. The third-order valence-electron chi connectivity index (χ3n) is 5.11. The van der Waals surface area contributed by atoms with E-state index in [-0.39, 0.29) is 17.8 Å². The van der Waals surface area contributed by atoms with Crippen molar-refractivity contribution in [3.63, 3.8) is 0 Å². The number of benzene rings is 1. The number of carbonyl (C=O) groups excluding carboxylic acids is 1. The van der Waals surface area contributed by atoms with Gasteiger partial charge in [0.2, 0.25) is 0 Å². The van der Waals surface area contributed by atoms with Crippen LogP contribution >= 0.6 is 0 Å². The summed E-state index contributed by atoms with van der Waals surface area (Å²) in [4.78, 5) is 14.2. The Labute approximate surface area is 209 Å². The first-order valence-corrected chi connectivity index (χ1v) is 12.0. The van der Waals surface area contributed by atoms with E-state index in [1.807, 2.05) is 33.2 Å². The predicted octanol–water partition coefficient (Wildman–Crippen LogP) is 0.600. The fourth-order valence-electron chi connectivity index (χ4n) is 3.03. The molecule has 11 nitrogen and oxygen atoms in total. The largest absolute Gasteiger partial charge is 0.508 e. The number of rotatable bonds is 19. The van der Waals surface area contributed by atoms with Gasteiger partial charge in [-0.05, 0) is 45.1 Å². The molecule has 2 amide bonds. The fraction of sp³-hybridized carbons (Fsp3) is 0.625. The predicted molar refractivity (Wildman–Crippen MR) is 137 cm³/mol. The van der Waals surface area contributed by atoms with Crippen molar-refractivity contribution in [3.8, 4) is 5.75 Å². The topological polar surface area (TPSA) is 148 Å². The fourth-order valence-corrected chi connectivity index (χ4v) is 3.03. The number of urea groups is 1. The number of nitrogens with one attached hydrogen (secondary N) is 2. The second-order valence-corrected chi connectivity index (χ2v) is 8.24. The summed E-state index contributed by atoms with van der Waals surface area (Å²) in [5.74, 6) is 6.15. The number of phenolic OH excluding ortho intramolecular Hbond substituents is 1. The van der Waals surface area contributed by atoms with E-state index in [2.05, 4.69) is 15.5 Å². The number of nitrogens with zero attached hydrogens (tertiary/aromatic N) is 2. The van der Waals surface area contributed by atoms with Gasteiger partial charge < -0.3 is 45.6 Å². The lowest BCUT2D eigenvalue weighted by Crippen LogP contribution is -2.45. The molecule has 0 aromatic heterocycles. The molecule has 11 heteroatoms. The number of hydrazine groups is 1. The van der Waals surface area contributed by atoms with Crippen molar-refractivity contribution < 1.29 is 24.1 Å². The highest BCUT2D eigenvalue weighted by Crippen LogP contribution is 2.12. The first-order chi connectivity index (χ1) is 16.8. The Morgan fingerprint density at radius 1 is 1.06 bits per heavy atom. The Hall–Kier alpha value is -2.57. The van der Waals surface area contributed by atoms with Gasteiger partial charge >= 0.3 is 6.03 Å². The van der Waals surface area contributed by atoms with Gasteiger partial charge in [0.15, 0.2) is 0 Å². The lowest BCUT2D eigenvalue weighted by molar-refractivity contribution is 0.0144. The minimum absolute atomic E-state index is 0.116. The molecule has 0 spiro atoms. The molecule has 0 aliphatic carbocycles. The van der Waals surface area contributed by atoms with Gasteiger partial charge in [-0.25, -0.2) is 10.6 Å². The van der Waals surface area contributed by atoms with Crippen molar-refractivity contribution in [2.24, 2.45) is 11.6 Å². The number of phenols is 1. The molecule has 7 N–H and O–H groups in total. The van der Waals surface area contributed by atoms with Gasteiger partial charge in [0, 0.05) is 44.1 Å². The van der Waals surface area contributed by atoms with E-state index in [1.165, 1.54) is 5.01 Å². The molecule has 0 radical (unpaired) electrons. The van der Waals surface area contributed by atoms with Crippen LogP contribution in [0.1, 0.15) is 18.9 Å². The summed E-state index contributed by atoms with van der Waals surface area (Å²) in [6.07, 6.45) is 2.86. The summed E-state index contributed by atoms with van der Waals surface area (Å²) < 4.78 is 16.0. The quantitative estimate of drug-likeness (QED) is 0.105. The van der Waals surface area contributed by atoms with Gasteiger partial charge in [-0.15, -0.1) is 0 Å². The van der Waals surface area contributed by atoms with E-state index >= 15 is 0 Å². The van der Waals surface area contributed by atoms with E-state index in [9.17, 15) is 9.90 Å². The van der Waals surface area contributed by atoms with Crippen LogP contribution in [0, 0.1) is 0 Å². The minimum atomic E-state index is -0.253. The normalized spacial score (nSPS) is 12.5. The molecule has 35 heavy (non-hydrogen) atoms. The second-order valence-electron chi connectivity index (χ2n) is 8.24. The van der Waals surface area contributed by atoms with Crippen molar-refractivity contribution in [3.05, 3.63) is 41.7 Å². The molecule has 0 saturated heterocycles. The Morgan fingerprint density at radius 3 is 2.31 bits per heavy atom. The number of nitrogens with two attached hydrogens (primary N) is 2. The van der Waals surface area contributed by atoms with Crippen molar-refractivity contribution in [1.82, 2.24) is 20.5 Å². The SMILES string of the molecule is CCOCCOCCOCCN(N)/C=C(\N)CCNC(=O)NCC(Cc1ccc(O)cc1)N(C)C. The van der Waals surface area contributed by atoms with Crippen LogP contribution in [0.4, 0.5) is 4.79 Å². The summed E-state index contributed by atoms with van der Waals surface area (Å²) in [6.45, 7) is 6.59. The third kappa shape index (κ3) is 15.9. The van der Waals surface area contributed by atoms with E-state index in [1.54, 1.807) is 18.3 Å². The molecule has 0 heterocycles. The number of carbonyl (C=O) groups is 1. The summed E-state index contributed by atoms with van der Waals surface area (Å²) in [7, 11) is 3.94. The summed E-state index contributed by atoms with van der Waals surface area (Å²) >= 11 is 0. The standard InChI is InChI=1S/C24H44N6O5/c1-4-33-13-14-35-16-15-34-12-11-30(26)19-21(25)9-10-27-24(32)28-18-22(29(2)3)17-20-5-7-23(31)8-6-20/h5-8,19,22,31H,4,9-18,25-26H2,1-3H3,(H2,27,28,32)/b21-19-. The van der Waals surface area contributed by atoms with Crippen LogP contribution in [0.25, 0.3) is 0 Å². The molecule has 1 atom stereocenters. The molecule has 0 aliphatic rings. The zero-order valence-electron chi connectivity index (χ0n) is 21.4. The Bertz CT molecular complexity index is 717. The second kappa shape index (κ2) is 18.7. The molecule has 200 valence electrons. The first kappa shape index (κ1) is 30.5. The third-order valence-corrected chi connectivity index (χ3v) is 5.11. The average Bonchev–Trinajstić information content (AvgIpc) is 2.81. The van der Waals surface area contributed by atoms with Crippen LogP contribution < -0.4 is 22.2 Å². The van der Waals surface area contributed by atoms with Gasteiger partial charge in [-0.3, -0.25) is 0 Å². The van der Waals surface area contributed by atoms with Gasteiger partial charge in [0.1, 0.15) is 5.75 Å². The van der Waals surface area contributed by atoms with Crippen molar-refractivity contribution in [1.29, 1.82) is 0 Å². The molecule has 1 aromatic rings. The smallest absolute Gasteiger partial charge is 0.314 e. The van der Waals surface area contributed by atoms with Crippen LogP contribution in [0.2, 0.25) is 0 Å². The number of aromatic hydroxyl groups is 1. The maximum atomic E-state index is 12.2. The number of amides is 2. The Morgan fingerprint density at radius 2 is 1.69 bits per heavy atom. The van der Waals surface area contributed by atoms with Gasteiger partial charge in [0.05, 0.1) is 39.6 Å².